The molecule has 0 aliphatic carbocycles. The van der Waals surface area contributed by atoms with Crippen LogP contribution in [0.15, 0.2) is 24.3 Å². The molecule has 1 atom stereocenters. The van der Waals surface area contributed by atoms with E-state index < -0.39 is 29.1 Å². The molecule has 0 bridgehead atoms. The highest BCUT2D eigenvalue weighted by molar-refractivity contribution is 5.86. The van der Waals surface area contributed by atoms with Gasteiger partial charge in [0.2, 0.25) is 0 Å². The fourth-order valence-corrected chi connectivity index (χ4v) is 3.53. The van der Waals surface area contributed by atoms with Crippen molar-refractivity contribution < 1.29 is 31.1 Å². The van der Waals surface area contributed by atoms with Crippen LogP contribution >= 0.6 is 0 Å². The van der Waals surface area contributed by atoms with Crippen LogP contribution < -0.4 is 0 Å². The lowest BCUT2D eigenvalue weighted by molar-refractivity contribution is -0.142. The van der Waals surface area contributed by atoms with E-state index in [0.29, 0.717) is 39.3 Å². The number of benzene rings is 1. The van der Waals surface area contributed by atoms with Crippen LogP contribution in [-0.2, 0) is 17.1 Å². The van der Waals surface area contributed by atoms with Crippen molar-refractivity contribution in [1.82, 2.24) is 9.88 Å². The minimum atomic E-state index is -4.83. The second-order valence-corrected chi connectivity index (χ2v) is 6.81. The summed E-state index contributed by atoms with van der Waals surface area (Å²) in [6.07, 6.45) is -9.14. The van der Waals surface area contributed by atoms with Crippen molar-refractivity contribution in [3.05, 3.63) is 41.1 Å². The van der Waals surface area contributed by atoms with Crippen molar-refractivity contribution in [2.24, 2.45) is 0 Å². The molecule has 0 N–H and O–H groups in total. The van der Waals surface area contributed by atoms with Crippen LogP contribution in [0.1, 0.15) is 36.1 Å². The molecule has 9 heteroatoms. The first-order chi connectivity index (χ1) is 13.1. The molecule has 2 heterocycles. The topological polar surface area (TPSA) is 25.4 Å². The van der Waals surface area contributed by atoms with Gasteiger partial charge in [0.25, 0.3) is 0 Å². The van der Waals surface area contributed by atoms with Gasteiger partial charge in [0.05, 0.1) is 24.3 Å². The normalized spacial score (nSPS) is 17.8. The summed E-state index contributed by atoms with van der Waals surface area (Å²) in [5.41, 5.74) is -2.86. The highest BCUT2D eigenvalue weighted by Gasteiger charge is 2.38. The van der Waals surface area contributed by atoms with E-state index in [1.54, 1.807) is 0 Å². The number of aromatic nitrogens is 1. The summed E-state index contributed by atoms with van der Waals surface area (Å²) in [5.74, 6) is -0.354. The van der Waals surface area contributed by atoms with Crippen molar-refractivity contribution in [3.8, 4) is 0 Å². The molecular weight excluding hydrogens is 386 g/mol. The van der Waals surface area contributed by atoms with E-state index in [9.17, 15) is 26.3 Å². The van der Waals surface area contributed by atoms with E-state index >= 15 is 0 Å². The van der Waals surface area contributed by atoms with Crippen molar-refractivity contribution in [2.75, 3.05) is 32.8 Å². The van der Waals surface area contributed by atoms with E-state index in [-0.39, 0.29) is 16.9 Å². The molecule has 154 valence electrons. The Labute approximate surface area is 158 Å². The van der Waals surface area contributed by atoms with Gasteiger partial charge in [-0.15, -0.1) is 0 Å². The summed E-state index contributed by atoms with van der Waals surface area (Å²) < 4.78 is 85.6. The first-order valence-electron chi connectivity index (χ1n) is 8.99. The Balaban J connectivity index is 2.16. The van der Waals surface area contributed by atoms with Gasteiger partial charge >= 0.3 is 12.4 Å². The van der Waals surface area contributed by atoms with Gasteiger partial charge in [-0.1, -0.05) is 19.1 Å². The van der Waals surface area contributed by atoms with Gasteiger partial charge in [0.1, 0.15) is 5.69 Å². The zero-order valence-electron chi connectivity index (χ0n) is 15.2. The number of fused-ring (bicyclic) bond motifs is 1. The standard InChI is InChI=1S/C19H20F6N2O/c1-2-12(11-27-6-8-28-9-7-27)14-10-16(19(23,24)25)26-17-13(14)4-3-5-15(17)18(20,21)22/h3-5,10,12H,2,6-9,11H2,1H3. The van der Waals surface area contributed by atoms with Gasteiger partial charge in [-0.05, 0) is 30.0 Å². The molecule has 1 aromatic heterocycles. The Hall–Kier alpha value is -1.87. The molecule has 1 aromatic carbocycles. The van der Waals surface area contributed by atoms with Crippen molar-refractivity contribution in [1.29, 1.82) is 0 Å². The second kappa shape index (κ2) is 7.87. The molecule has 1 saturated heterocycles. The Kier molecular flexibility index (Phi) is 5.86. The molecule has 1 aliphatic heterocycles. The molecule has 3 nitrogen and oxygen atoms in total. The SMILES string of the molecule is CCC(CN1CCOCC1)c1cc(C(F)(F)F)nc2c(C(F)(F)F)cccc12. The van der Waals surface area contributed by atoms with Crippen LogP contribution in [0.3, 0.4) is 0 Å². The van der Waals surface area contributed by atoms with Crippen LogP contribution in [0.4, 0.5) is 26.3 Å². The zero-order chi connectivity index (χ0) is 20.5. The summed E-state index contributed by atoms with van der Waals surface area (Å²) in [4.78, 5) is 5.42. The maximum Gasteiger partial charge on any atom is 0.433 e. The minimum absolute atomic E-state index is 0.114. The third-order valence-electron chi connectivity index (χ3n) is 4.98. The van der Waals surface area contributed by atoms with E-state index in [1.807, 2.05) is 6.92 Å². The number of halogens is 6. The lowest BCUT2D eigenvalue weighted by Crippen LogP contribution is -2.38. The molecule has 1 aliphatic rings. The van der Waals surface area contributed by atoms with Gasteiger partial charge < -0.3 is 4.74 Å². The Bertz CT molecular complexity index is 828. The number of rotatable bonds is 4. The maximum absolute atomic E-state index is 13.4. The third kappa shape index (κ3) is 4.41. The summed E-state index contributed by atoms with van der Waals surface area (Å²) in [6.45, 7) is 4.60. The van der Waals surface area contributed by atoms with Crippen molar-refractivity contribution in [2.45, 2.75) is 31.6 Å². The summed E-state index contributed by atoms with van der Waals surface area (Å²) in [6, 6.07) is 4.29. The average Bonchev–Trinajstić information content (AvgIpc) is 2.64. The zero-order valence-corrected chi connectivity index (χ0v) is 15.2. The number of morpholine rings is 1. The summed E-state index contributed by atoms with van der Waals surface area (Å²) in [5, 5.41) is 0.114. The number of nitrogens with zero attached hydrogens (tertiary/aromatic N) is 2. The predicted molar refractivity (Wildman–Crippen MR) is 92.0 cm³/mol. The molecule has 1 fully saturated rings. The molecule has 3 rings (SSSR count). The van der Waals surface area contributed by atoms with Crippen LogP contribution in [0.25, 0.3) is 10.9 Å². The number of ether oxygens (including phenoxy) is 1. The lowest BCUT2D eigenvalue weighted by Gasteiger charge is -2.31. The lowest BCUT2D eigenvalue weighted by atomic mass is 9.90. The fraction of sp³-hybridized carbons (Fsp3) is 0.526. The van der Waals surface area contributed by atoms with E-state index in [2.05, 4.69) is 9.88 Å². The first kappa shape index (κ1) is 20.9. The fourth-order valence-electron chi connectivity index (χ4n) is 3.53. The maximum atomic E-state index is 13.4. The summed E-state index contributed by atoms with van der Waals surface area (Å²) >= 11 is 0. The highest BCUT2D eigenvalue weighted by Crippen LogP contribution is 2.40. The van der Waals surface area contributed by atoms with Crippen LogP contribution in [0.5, 0.6) is 0 Å². The smallest absolute Gasteiger partial charge is 0.379 e. The number of para-hydroxylation sites is 1. The van der Waals surface area contributed by atoms with Crippen LogP contribution in [0, 0.1) is 0 Å². The molecule has 2 aromatic rings. The highest BCUT2D eigenvalue weighted by atomic mass is 19.4. The van der Waals surface area contributed by atoms with Crippen molar-refractivity contribution >= 4 is 10.9 Å². The third-order valence-corrected chi connectivity index (χ3v) is 4.98. The predicted octanol–water partition coefficient (Wildman–Crippen LogP) is 5.10. The molecule has 0 amide bonds. The monoisotopic (exact) mass is 406 g/mol. The van der Waals surface area contributed by atoms with Gasteiger partial charge in [-0.25, -0.2) is 4.98 Å². The van der Waals surface area contributed by atoms with Gasteiger partial charge in [0, 0.05) is 25.0 Å². The van der Waals surface area contributed by atoms with E-state index in [0.717, 1.165) is 12.1 Å². The first-order valence-corrected chi connectivity index (χ1v) is 8.99. The van der Waals surface area contributed by atoms with Crippen LogP contribution in [-0.4, -0.2) is 42.7 Å². The second-order valence-electron chi connectivity index (χ2n) is 6.81. The number of hydrogen-bond donors (Lipinski definition) is 0. The summed E-state index contributed by atoms with van der Waals surface area (Å²) in [7, 11) is 0. The van der Waals surface area contributed by atoms with Gasteiger partial charge in [-0.2, -0.15) is 26.3 Å². The Morgan fingerprint density at radius 3 is 2.32 bits per heavy atom. The molecule has 1 unspecified atom stereocenters. The number of hydrogen-bond acceptors (Lipinski definition) is 3. The Morgan fingerprint density at radius 2 is 1.75 bits per heavy atom. The molecule has 0 saturated carbocycles. The average molecular weight is 406 g/mol. The molecule has 0 radical (unpaired) electrons. The van der Waals surface area contributed by atoms with Gasteiger partial charge in [-0.3, -0.25) is 4.90 Å². The Morgan fingerprint density at radius 1 is 1.07 bits per heavy atom. The number of alkyl halides is 6. The van der Waals surface area contributed by atoms with Crippen LogP contribution in [0.2, 0.25) is 0 Å². The van der Waals surface area contributed by atoms with Gasteiger partial charge in [0.15, 0.2) is 0 Å². The quantitative estimate of drug-likeness (QED) is 0.661. The van der Waals surface area contributed by atoms with E-state index in [4.69, 9.17) is 4.74 Å². The number of pyridine rings is 1. The molecule has 28 heavy (non-hydrogen) atoms. The van der Waals surface area contributed by atoms with E-state index in [1.165, 1.54) is 12.1 Å². The molecule has 0 spiro atoms. The largest absolute Gasteiger partial charge is 0.433 e. The minimum Gasteiger partial charge on any atom is -0.379 e. The van der Waals surface area contributed by atoms with Crippen molar-refractivity contribution in [3.63, 3.8) is 0 Å². The molecular formula is C19H20F6N2O.